The van der Waals surface area contributed by atoms with Gasteiger partial charge >= 0.3 is 0 Å². The highest BCUT2D eigenvalue weighted by atomic mass is 32.1. The minimum atomic E-state index is 1.04. The van der Waals surface area contributed by atoms with Gasteiger partial charge in [-0.2, -0.15) is 0 Å². The van der Waals surface area contributed by atoms with Crippen molar-refractivity contribution in [1.29, 1.82) is 0 Å². The first-order chi connectivity index (χ1) is 23.3. The number of hydrogen-bond acceptors (Lipinski definition) is 3. The van der Waals surface area contributed by atoms with Gasteiger partial charge in [-0.25, -0.2) is 4.98 Å². The maximum Gasteiger partial charge on any atom is 0.124 e. The van der Waals surface area contributed by atoms with Gasteiger partial charge in [-0.1, -0.05) is 97.1 Å². The lowest BCUT2D eigenvalue weighted by atomic mass is 10.0. The first-order valence-electron chi connectivity index (χ1n) is 15.8. The lowest BCUT2D eigenvalue weighted by Gasteiger charge is -2.26. The number of nitrogens with zero attached hydrogens (tertiary/aromatic N) is 3. The molecule has 2 heterocycles. The van der Waals surface area contributed by atoms with Gasteiger partial charge in [0.25, 0.3) is 0 Å². The van der Waals surface area contributed by atoms with Crippen molar-refractivity contribution in [3.63, 3.8) is 0 Å². The third-order valence-corrected chi connectivity index (χ3v) is 9.92. The molecule has 0 spiro atoms. The number of fused-ring (bicyclic) bond motifs is 4. The molecule has 0 aliphatic carbocycles. The van der Waals surface area contributed by atoms with E-state index in [1.807, 2.05) is 6.07 Å². The molecule has 0 aliphatic rings. The molecule has 0 fully saturated rings. The Labute approximate surface area is 277 Å². The first kappa shape index (κ1) is 27.3. The molecule has 2 aromatic heterocycles. The zero-order chi connectivity index (χ0) is 31.2. The van der Waals surface area contributed by atoms with E-state index in [0.717, 1.165) is 38.8 Å². The predicted octanol–water partition coefficient (Wildman–Crippen LogP) is 12.2. The van der Waals surface area contributed by atoms with Crippen LogP contribution in [0.15, 0.2) is 176 Å². The number of thiazole rings is 1. The van der Waals surface area contributed by atoms with Gasteiger partial charge < -0.3 is 9.47 Å². The molecule has 222 valence electrons. The zero-order valence-electron chi connectivity index (χ0n) is 25.5. The minimum Gasteiger partial charge on any atom is -0.310 e. The fourth-order valence-electron chi connectivity index (χ4n) is 6.65. The highest BCUT2D eigenvalue weighted by Gasteiger charge is 2.21. The average molecular weight is 620 g/mol. The summed E-state index contributed by atoms with van der Waals surface area (Å²) in [5.41, 5.74) is 11.4. The molecule has 0 amide bonds. The van der Waals surface area contributed by atoms with E-state index < -0.39 is 0 Å². The van der Waals surface area contributed by atoms with Crippen molar-refractivity contribution >= 4 is 60.4 Å². The molecule has 0 unspecified atom stereocenters. The SMILES string of the molecule is c1ccc(-c2ccc(N(c3ccccc3)c3cccc4c3c3ccccc3n4-c3ccc(-c4nc5ccccc5s4)cc3)cc2)cc1. The smallest absolute Gasteiger partial charge is 0.124 e. The van der Waals surface area contributed by atoms with Crippen molar-refractivity contribution in [2.45, 2.75) is 0 Å². The van der Waals surface area contributed by atoms with E-state index in [9.17, 15) is 0 Å². The summed E-state index contributed by atoms with van der Waals surface area (Å²) in [5.74, 6) is 0. The van der Waals surface area contributed by atoms with Crippen molar-refractivity contribution in [2.24, 2.45) is 0 Å². The second-order valence-corrected chi connectivity index (χ2v) is 12.7. The van der Waals surface area contributed by atoms with Gasteiger partial charge in [-0.15, -0.1) is 11.3 Å². The van der Waals surface area contributed by atoms with Crippen LogP contribution in [-0.2, 0) is 0 Å². The molecular formula is C43H29N3S. The van der Waals surface area contributed by atoms with Crippen LogP contribution in [0.25, 0.3) is 59.4 Å². The second kappa shape index (κ2) is 11.4. The standard InChI is InChI=1S/C43H29N3S/c1-3-12-30(13-4-1)31-22-26-34(27-23-31)45(33-14-5-2-6-15-33)39-19-11-20-40-42(39)36-16-7-9-18-38(36)46(40)35-28-24-32(25-29-35)43-44-37-17-8-10-21-41(37)47-43/h1-29H. The molecule has 9 aromatic rings. The Morgan fingerprint density at radius 2 is 1.09 bits per heavy atom. The van der Waals surface area contributed by atoms with Gasteiger partial charge in [0.15, 0.2) is 0 Å². The lowest BCUT2D eigenvalue weighted by molar-refractivity contribution is 1.18. The summed E-state index contributed by atoms with van der Waals surface area (Å²) in [6.07, 6.45) is 0. The number of anilines is 3. The molecule has 3 nitrogen and oxygen atoms in total. The van der Waals surface area contributed by atoms with Gasteiger partial charge in [-0.05, 0) is 90.0 Å². The number of benzene rings is 7. The highest BCUT2D eigenvalue weighted by molar-refractivity contribution is 7.21. The van der Waals surface area contributed by atoms with E-state index in [1.54, 1.807) is 11.3 Å². The third-order valence-electron chi connectivity index (χ3n) is 8.83. The summed E-state index contributed by atoms with van der Waals surface area (Å²) < 4.78 is 3.59. The van der Waals surface area contributed by atoms with Gasteiger partial charge in [0.1, 0.15) is 5.01 Å². The normalized spacial score (nSPS) is 11.4. The molecule has 0 N–H and O–H groups in total. The largest absolute Gasteiger partial charge is 0.310 e. The quantitative estimate of drug-likeness (QED) is 0.185. The molecule has 7 aromatic carbocycles. The Bertz CT molecular complexity index is 2460. The Balaban J connectivity index is 1.20. The van der Waals surface area contributed by atoms with E-state index in [-0.39, 0.29) is 0 Å². The summed E-state index contributed by atoms with van der Waals surface area (Å²) in [4.78, 5) is 7.27. The van der Waals surface area contributed by atoms with Crippen molar-refractivity contribution in [2.75, 3.05) is 4.90 Å². The molecule has 0 atom stereocenters. The summed E-state index contributed by atoms with van der Waals surface area (Å²) >= 11 is 1.74. The van der Waals surface area contributed by atoms with Crippen LogP contribution >= 0.6 is 11.3 Å². The van der Waals surface area contributed by atoms with Crippen molar-refractivity contribution in [3.05, 3.63) is 176 Å². The first-order valence-corrected chi connectivity index (χ1v) is 16.6. The molecule has 0 bridgehead atoms. The number of hydrogen-bond donors (Lipinski definition) is 0. The fraction of sp³-hybridized carbons (Fsp3) is 0. The summed E-state index contributed by atoms with van der Waals surface area (Å²) in [5, 5.41) is 3.48. The van der Waals surface area contributed by atoms with Crippen LogP contribution in [0, 0.1) is 0 Å². The third kappa shape index (κ3) is 4.78. The summed E-state index contributed by atoms with van der Waals surface area (Å²) in [6.45, 7) is 0. The van der Waals surface area contributed by atoms with E-state index in [1.165, 1.54) is 37.6 Å². The Morgan fingerprint density at radius 1 is 0.468 bits per heavy atom. The zero-order valence-corrected chi connectivity index (χ0v) is 26.3. The van der Waals surface area contributed by atoms with E-state index in [4.69, 9.17) is 4.98 Å². The van der Waals surface area contributed by atoms with Gasteiger partial charge in [0.05, 0.1) is 26.9 Å². The van der Waals surface area contributed by atoms with Crippen LogP contribution in [0.3, 0.4) is 0 Å². The molecule has 4 heteroatoms. The fourth-order valence-corrected chi connectivity index (χ4v) is 7.62. The monoisotopic (exact) mass is 619 g/mol. The summed E-state index contributed by atoms with van der Waals surface area (Å²) in [6, 6.07) is 62.7. The van der Waals surface area contributed by atoms with E-state index in [2.05, 4.69) is 179 Å². The van der Waals surface area contributed by atoms with Gasteiger partial charge in [0, 0.05) is 33.4 Å². The topological polar surface area (TPSA) is 21.1 Å². The summed E-state index contributed by atoms with van der Waals surface area (Å²) in [7, 11) is 0. The molecule has 0 saturated carbocycles. The highest BCUT2D eigenvalue weighted by Crippen LogP contribution is 2.44. The molecule has 0 saturated heterocycles. The van der Waals surface area contributed by atoms with Crippen LogP contribution < -0.4 is 4.90 Å². The van der Waals surface area contributed by atoms with Crippen LogP contribution in [0.1, 0.15) is 0 Å². The maximum atomic E-state index is 4.89. The number of aromatic nitrogens is 2. The number of rotatable bonds is 6. The van der Waals surface area contributed by atoms with Crippen LogP contribution in [-0.4, -0.2) is 9.55 Å². The molecule has 47 heavy (non-hydrogen) atoms. The number of para-hydroxylation sites is 3. The minimum absolute atomic E-state index is 1.04. The van der Waals surface area contributed by atoms with Crippen molar-refractivity contribution in [3.8, 4) is 27.4 Å². The predicted molar refractivity (Wildman–Crippen MR) is 200 cm³/mol. The van der Waals surface area contributed by atoms with E-state index >= 15 is 0 Å². The van der Waals surface area contributed by atoms with Gasteiger partial charge in [0.2, 0.25) is 0 Å². The van der Waals surface area contributed by atoms with Crippen LogP contribution in [0.4, 0.5) is 17.1 Å². The van der Waals surface area contributed by atoms with Crippen LogP contribution in [0.2, 0.25) is 0 Å². The lowest BCUT2D eigenvalue weighted by Crippen LogP contribution is -2.10. The molecule has 0 aliphatic heterocycles. The Kier molecular flexibility index (Phi) is 6.65. The van der Waals surface area contributed by atoms with E-state index in [0.29, 0.717) is 0 Å². The molecule has 0 radical (unpaired) electrons. The van der Waals surface area contributed by atoms with Crippen LogP contribution in [0.5, 0.6) is 0 Å². The average Bonchev–Trinajstić information content (AvgIpc) is 3.73. The Hall–Kier alpha value is -5.97. The van der Waals surface area contributed by atoms with Gasteiger partial charge in [-0.3, -0.25) is 0 Å². The Morgan fingerprint density at radius 3 is 1.87 bits per heavy atom. The molecular weight excluding hydrogens is 591 g/mol. The maximum absolute atomic E-state index is 4.89. The van der Waals surface area contributed by atoms with Crippen molar-refractivity contribution in [1.82, 2.24) is 9.55 Å². The van der Waals surface area contributed by atoms with Crippen molar-refractivity contribution < 1.29 is 0 Å². The second-order valence-electron chi connectivity index (χ2n) is 11.6. The molecule has 9 rings (SSSR count).